The van der Waals surface area contributed by atoms with Crippen molar-refractivity contribution in [2.75, 3.05) is 6.61 Å². The van der Waals surface area contributed by atoms with Crippen LogP contribution in [-0.2, 0) is 28.5 Å². The van der Waals surface area contributed by atoms with E-state index in [0.717, 1.165) is 12.8 Å². The first-order chi connectivity index (χ1) is 33.2. The van der Waals surface area contributed by atoms with Crippen LogP contribution in [-0.4, -0.2) is 173 Å². The topological polar surface area (TPSA) is 337 Å². The van der Waals surface area contributed by atoms with Gasteiger partial charge in [-0.05, 0) is 39.0 Å². The summed E-state index contributed by atoms with van der Waals surface area (Å²) in [6.45, 7) is 3.22. The van der Waals surface area contributed by atoms with Crippen LogP contribution in [0, 0.1) is 11.8 Å². The summed E-state index contributed by atoms with van der Waals surface area (Å²) in [7, 11) is 0. The van der Waals surface area contributed by atoms with Crippen LogP contribution < -0.4 is 16.8 Å². The first-order valence-corrected chi connectivity index (χ1v) is 24.7. The van der Waals surface area contributed by atoms with Gasteiger partial charge in [0.1, 0.15) is 12.2 Å². The van der Waals surface area contributed by atoms with Crippen LogP contribution in [0.5, 0.6) is 0 Å². The van der Waals surface area contributed by atoms with Crippen molar-refractivity contribution in [1.29, 1.82) is 0 Å². The quantitative estimate of drug-likeness (QED) is 0.169. The minimum Gasteiger partial charge on any atom is -0.462 e. The summed E-state index contributed by atoms with van der Waals surface area (Å²) in [5.74, 6) is -5.11. The average molecular weight is 992 g/mol. The van der Waals surface area contributed by atoms with Crippen molar-refractivity contribution >= 4 is 11.9 Å². The van der Waals surface area contributed by atoms with Crippen LogP contribution in [0.15, 0.2) is 85.1 Å². The summed E-state index contributed by atoms with van der Waals surface area (Å²) in [5, 5.41) is 112. The van der Waals surface area contributed by atoms with Crippen molar-refractivity contribution in [1.82, 2.24) is 5.32 Å². The minimum atomic E-state index is -2.27. The number of hydrogen-bond acceptors (Lipinski definition) is 18. The molecular formula is C51H81N3O16. The Bertz CT molecular complexity index is 1790. The van der Waals surface area contributed by atoms with Crippen molar-refractivity contribution in [3.05, 3.63) is 85.1 Å². The molecule has 2 saturated heterocycles. The Kier molecular flexibility index (Phi) is 25.2. The highest BCUT2D eigenvalue weighted by molar-refractivity contribution is 5.80. The number of fused-ring (bicyclic) bond motifs is 2. The van der Waals surface area contributed by atoms with Crippen molar-refractivity contribution in [2.45, 2.75) is 201 Å². The van der Waals surface area contributed by atoms with Gasteiger partial charge < -0.3 is 86.8 Å². The SMILES string of the molecule is C[C@H]1C[C@H](O)[C@@H](C)/C=C/C=C/C=C/C=C/C=C/C=C/C=C/C(O[C@@H]2OC[C@@H](O)[C@H](N)[C@@H]2O)C[C@@H]2OC(O)(CC(O)CC(O)[C@H](O)CCC(O)CC(O)CC(=O)O1)C[C@H](O)[C@H]2C(=O)N[C@@H]1CCCC[C@H]1N. The molecule has 0 aromatic carbocycles. The third-order valence-corrected chi connectivity index (χ3v) is 13.2. The molecule has 1 saturated carbocycles. The van der Waals surface area contributed by atoms with Crippen molar-refractivity contribution < 1.29 is 79.6 Å². The fraction of sp³-hybridized carbons (Fsp3) is 0.686. The lowest BCUT2D eigenvalue weighted by Crippen LogP contribution is -2.61. The Labute approximate surface area is 411 Å². The number of nitrogens with two attached hydrogens (primary N) is 2. The molecule has 2 bridgehead atoms. The highest BCUT2D eigenvalue weighted by Crippen LogP contribution is 2.38. The van der Waals surface area contributed by atoms with Crippen LogP contribution in [0.4, 0.5) is 0 Å². The van der Waals surface area contributed by atoms with Crippen LogP contribution >= 0.6 is 0 Å². The Morgan fingerprint density at radius 2 is 1.29 bits per heavy atom. The zero-order chi connectivity index (χ0) is 51.4. The molecule has 3 aliphatic heterocycles. The molecule has 4 aliphatic rings. The van der Waals surface area contributed by atoms with E-state index < -0.39 is 135 Å². The van der Waals surface area contributed by atoms with E-state index in [9.17, 15) is 60.7 Å². The van der Waals surface area contributed by atoms with Gasteiger partial charge in [0, 0.05) is 50.1 Å². The van der Waals surface area contributed by atoms with Crippen molar-refractivity contribution in [3.8, 4) is 0 Å². The smallest absolute Gasteiger partial charge is 0.308 e. The normalized spacial score (nSPS) is 44.3. The molecule has 3 fully saturated rings. The molecule has 0 aromatic heterocycles. The second-order valence-corrected chi connectivity index (χ2v) is 19.4. The fourth-order valence-corrected chi connectivity index (χ4v) is 9.13. The first kappa shape index (κ1) is 59.1. The van der Waals surface area contributed by atoms with Gasteiger partial charge in [-0.25, -0.2) is 0 Å². The fourth-order valence-electron chi connectivity index (χ4n) is 9.13. The maximum atomic E-state index is 14.1. The number of aliphatic hydroxyl groups is 10. The van der Waals surface area contributed by atoms with Gasteiger partial charge in [0.25, 0.3) is 0 Å². The number of aliphatic hydroxyl groups excluding tert-OH is 9. The predicted molar refractivity (Wildman–Crippen MR) is 259 cm³/mol. The van der Waals surface area contributed by atoms with Gasteiger partial charge in [-0.15, -0.1) is 0 Å². The zero-order valence-corrected chi connectivity index (χ0v) is 40.5. The number of carbonyl (C=O) groups is 2. The van der Waals surface area contributed by atoms with E-state index in [1.54, 1.807) is 55.5 Å². The van der Waals surface area contributed by atoms with Crippen LogP contribution in [0.2, 0.25) is 0 Å². The van der Waals surface area contributed by atoms with Gasteiger partial charge in [0.15, 0.2) is 12.1 Å². The largest absolute Gasteiger partial charge is 0.462 e. The molecular weight excluding hydrogens is 911 g/mol. The number of allylic oxidation sites excluding steroid dienone is 12. The molecule has 19 nitrogen and oxygen atoms in total. The number of ether oxygens (including phenoxy) is 4. The standard InChI is InChI=1S/C51H81N3O16/c1-31-17-13-11-9-7-5-3-4-6-8-10-12-14-18-36(69-50-48(64)47(53)43(62)30-67-50)27-44-46(49(65)54-38-20-16-15-19-37(38)52)42(61)29-51(66,70-44)28-35(57)25-41(60)39(58)22-21-33(55)24-34(56)26-45(63)68-32(2)23-40(31)59/h3-14,17-18,31-44,46-48,50,55-62,64,66H,15-16,19-30,52-53H2,1-2H3,(H,54,65)/b4-3+,7-5+,8-6+,11-9+,12-10+,17-13+,18-14+/t31-,32-,33?,34?,35?,36?,37+,38+,39+,40-,41?,42-,43+,44-,46+,47-,48-,50-,51?/m0/s1. The number of hydrogen-bond donors (Lipinski definition) is 13. The Morgan fingerprint density at radius 1 is 0.671 bits per heavy atom. The molecule has 15 N–H and O–H groups in total. The van der Waals surface area contributed by atoms with Gasteiger partial charge in [-0.2, -0.15) is 0 Å². The second kappa shape index (κ2) is 29.9. The number of carbonyl (C=O) groups excluding carboxylic acids is 2. The Balaban J connectivity index is 1.59. The van der Waals surface area contributed by atoms with E-state index in [4.69, 9.17) is 30.4 Å². The first-order valence-electron chi connectivity index (χ1n) is 24.7. The van der Waals surface area contributed by atoms with Gasteiger partial charge in [0.05, 0.1) is 86.0 Å². The monoisotopic (exact) mass is 992 g/mol. The maximum absolute atomic E-state index is 14.1. The summed E-state index contributed by atoms with van der Waals surface area (Å²) in [6, 6.07) is -1.81. The molecule has 1 aliphatic carbocycles. The van der Waals surface area contributed by atoms with Crippen LogP contribution in [0.1, 0.15) is 97.3 Å². The van der Waals surface area contributed by atoms with E-state index in [1.165, 1.54) is 0 Å². The number of rotatable bonds is 4. The third kappa shape index (κ3) is 20.2. The van der Waals surface area contributed by atoms with E-state index >= 15 is 0 Å². The van der Waals surface area contributed by atoms with Gasteiger partial charge in [0.2, 0.25) is 5.91 Å². The molecule has 0 radical (unpaired) electrons. The summed E-state index contributed by atoms with van der Waals surface area (Å²) in [5.41, 5.74) is 12.4. The van der Waals surface area contributed by atoms with E-state index in [-0.39, 0.29) is 56.7 Å². The molecule has 70 heavy (non-hydrogen) atoms. The van der Waals surface area contributed by atoms with Crippen LogP contribution in [0.25, 0.3) is 0 Å². The number of esters is 1. The highest BCUT2D eigenvalue weighted by Gasteiger charge is 2.51. The maximum Gasteiger partial charge on any atom is 0.308 e. The number of amides is 1. The van der Waals surface area contributed by atoms with E-state index in [0.29, 0.717) is 12.8 Å². The summed E-state index contributed by atoms with van der Waals surface area (Å²) in [4.78, 5) is 26.6. The predicted octanol–water partition coefficient (Wildman–Crippen LogP) is 0.379. The molecule has 3 heterocycles. The molecule has 1 amide bonds. The van der Waals surface area contributed by atoms with Crippen molar-refractivity contribution in [3.63, 3.8) is 0 Å². The molecule has 396 valence electrons. The number of cyclic esters (lactones) is 1. The number of nitrogens with one attached hydrogen (secondary N) is 1. The van der Waals surface area contributed by atoms with E-state index in [2.05, 4.69) is 5.32 Å². The summed E-state index contributed by atoms with van der Waals surface area (Å²) >= 11 is 0. The second-order valence-electron chi connectivity index (χ2n) is 19.4. The summed E-state index contributed by atoms with van der Waals surface area (Å²) < 4.78 is 23.5. The van der Waals surface area contributed by atoms with Gasteiger partial charge in [-0.1, -0.05) is 105 Å². The highest BCUT2D eigenvalue weighted by atomic mass is 16.7. The lowest BCUT2D eigenvalue weighted by atomic mass is 9.81. The molecule has 6 unspecified atom stereocenters. The summed E-state index contributed by atoms with van der Waals surface area (Å²) in [6.07, 6.45) is 8.99. The Hall–Kier alpha value is -3.48. The molecule has 19 atom stereocenters. The van der Waals surface area contributed by atoms with Crippen LogP contribution in [0.3, 0.4) is 0 Å². The molecule has 0 aromatic rings. The molecule has 4 rings (SSSR count). The third-order valence-electron chi connectivity index (χ3n) is 13.2. The van der Waals surface area contributed by atoms with Gasteiger partial charge in [-0.3, -0.25) is 9.59 Å². The lowest BCUT2D eigenvalue weighted by molar-refractivity contribution is -0.304. The lowest BCUT2D eigenvalue weighted by Gasteiger charge is -2.46. The Morgan fingerprint density at radius 3 is 1.93 bits per heavy atom. The van der Waals surface area contributed by atoms with Crippen molar-refractivity contribution in [2.24, 2.45) is 23.3 Å². The zero-order valence-electron chi connectivity index (χ0n) is 40.5. The van der Waals surface area contributed by atoms with E-state index in [1.807, 2.05) is 43.4 Å². The van der Waals surface area contributed by atoms with Gasteiger partial charge >= 0.3 is 5.97 Å². The molecule has 0 spiro atoms. The average Bonchev–Trinajstić information content (AvgIpc) is 3.28. The molecule has 19 heteroatoms. The minimum absolute atomic E-state index is 0.0906.